The zero-order valence-corrected chi connectivity index (χ0v) is 12.0. The molecule has 0 aromatic rings. The SMILES string of the molecule is C#CCNC(=NC)N1CCC(OCCCOC)CC1. The Hall–Kier alpha value is -1.25. The number of hydrogen-bond acceptors (Lipinski definition) is 3. The predicted octanol–water partition coefficient (Wildman–Crippen LogP) is 0.713. The van der Waals surface area contributed by atoms with Gasteiger partial charge in [0, 0.05) is 40.5 Å². The number of ether oxygens (including phenoxy) is 2. The molecule has 1 aliphatic heterocycles. The van der Waals surface area contributed by atoms with Gasteiger partial charge in [0.1, 0.15) is 0 Å². The fourth-order valence-electron chi connectivity index (χ4n) is 2.15. The molecule has 0 radical (unpaired) electrons. The average Bonchev–Trinajstić information content (AvgIpc) is 2.46. The number of aliphatic imine (C=N–C) groups is 1. The number of nitrogens with one attached hydrogen (secondary N) is 1. The molecule has 0 spiro atoms. The van der Waals surface area contributed by atoms with Crippen LogP contribution in [0, 0.1) is 12.3 Å². The average molecular weight is 267 g/mol. The third-order valence-electron chi connectivity index (χ3n) is 3.15. The Morgan fingerprint density at radius 2 is 2.16 bits per heavy atom. The molecule has 0 saturated carbocycles. The Balaban J connectivity index is 2.22. The molecule has 1 rings (SSSR count). The topological polar surface area (TPSA) is 46.1 Å². The molecule has 1 heterocycles. The molecule has 1 N–H and O–H groups in total. The van der Waals surface area contributed by atoms with Crippen molar-refractivity contribution in [3.8, 4) is 12.3 Å². The second-order valence-electron chi connectivity index (χ2n) is 4.51. The molecule has 0 aromatic carbocycles. The van der Waals surface area contributed by atoms with Gasteiger partial charge in [-0.2, -0.15) is 0 Å². The van der Waals surface area contributed by atoms with Crippen LogP contribution >= 0.6 is 0 Å². The molecule has 19 heavy (non-hydrogen) atoms. The lowest BCUT2D eigenvalue weighted by atomic mass is 10.1. The highest BCUT2D eigenvalue weighted by atomic mass is 16.5. The lowest BCUT2D eigenvalue weighted by molar-refractivity contribution is 0.00994. The molecule has 1 saturated heterocycles. The van der Waals surface area contributed by atoms with Crippen LogP contribution in [0.3, 0.4) is 0 Å². The monoisotopic (exact) mass is 267 g/mol. The van der Waals surface area contributed by atoms with Crippen LogP contribution in [0.1, 0.15) is 19.3 Å². The summed E-state index contributed by atoms with van der Waals surface area (Å²) in [5.41, 5.74) is 0. The van der Waals surface area contributed by atoms with Crippen molar-refractivity contribution < 1.29 is 9.47 Å². The minimum Gasteiger partial charge on any atom is -0.385 e. The molecule has 0 amide bonds. The van der Waals surface area contributed by atoms with Crippen molar-refractivity contribution in [2.75, 3.05) is 47.0 Å². The van der Waals surface area contributed by atoms with Crippen molar-refractivity contribution in [1.82, 2.24) is 10.2 Å². The van der Waals surface area contributed by atoms with Gasteiger partial charge in [-0.25, -0.2) is 0 Å². The van der Waals surface area contributed by atoms with Crippen LogP contribution in [-0.4, -0.2) is 64.0 Å². The normalized spacial score (nSPS) is 17.3. The number of nitrogens with zero attached hydrogens (tertiary/aromatic N) is 2. The second kappa shape index (κ2) is 9.65. The first kappa shape index (κ1) is 15.8. The van der Waals surface area contributed by atoms with E-state index in [0.717, 1.165) is 51.5 Å². The lowest BCUT2D eigenvalue weighted by Gasteiger charge is -2.33. The van der Waals surface area contributed by atoms with E-state index in [1.165, 1.54) is 0 Å². The molecular formula is C14H25N3O2. The fraction of sp³-hybridized carbons (Fsp3) is 0.786. The molecule has 5 heteroatoms. The zero-order valence-electron chi connectivity index (χ0n) is 12.0. The molecule has 0 atom stereocenters. The van der Waals surface area contributed by atoms with E-state index in [9.17, 15) is 0 Å². The van der Waals surface area contributed by atoms with Crippen molar-refractivity contribution >= 4 is 5.96 Å². The smallest absolute Gasteiger partial charge is 0.194 e. The van der Waals surface area contributed by atoms with Gasteiger partial charge in [0.05, 0.1) is 12.6 Å². The van der Waals surface area contributed by atoms with Crippen molar-refractivity contribution in [2.45, 2.75) is 25.4 Å². The summed E-state index contributed by atoms with van der Waals surface area (Å²) in [4.78, 5) is 6.47. The zero-order chi connectivity index (χ0) is 13.9. The van der Waals surface area contributed by atoms with Gasteiger partial charge in [-0.1, -0.05) is 5.92 Å². The van der Waals surface area contributed by atoms with E-state index in [-0.39, 0.29) is 0 Å². The highest BCUT2D eigenvalue weighted by Gasteiger charge is 2.21. The molecular weight excluding hydrogens is 242 g/mol. The van der Waals surface area contributed by atoms with Crippen molar-refractivity contribution in [2.24, 2.45) is 4.99 Å². The summed E-state index contributed by atoms with van der Waals surface area (Å²) in [6.45, 7) is 3.97. The van der Waals surface area contributed by atoms with Gasteiger partial charge in [-0.05, 0) is 19.3 Å². The Kier molecular flexibility index (Phi) is 8.03. The first-order valence-corrected chi connectivity index (χ1v) is 6.81. The van der Waals surface area contributed by atoms with Gasteiger partial charge in [-0.15, -0.1) is 6.42 Å². The number of rotatable bonds is 6. The van der Waals surface area contributed by atoms with Gasteiger partial charge < -0.3 is 19.7 Å². The molecule has 108 valence electrons. The molecule has 0 aliphatic carbocycles. The van der Waals surface area contributed by atoms with Crippen LogP contribution in [-0.2, 0) is 9.47 Å². The summed E-state index contributed by atoms with van der Waals surface area (Å²) in [5, 5.41) is 3.15. The van der Waals surface area contributed by atoms with E-state index in [4.69, 9.17) is 15.9 Å². The maximum atomic E-state index is 5.83. The standard InChI is InChI=1S/C14H25N3O2/c1-4-8-16-14(15-2)17-9-6-13(7-10-17)19-12-5-11-18-3/h1,13H,5-12H2,2-3H3,(H,15,16). The largest absolute Gasteiger partial charge is 0.385 e. The van der Waals surface area contributed by atoms with E-state index in [2.05, 4.69) is 21.1 Å². The maximum Gasteiger partial charge on any atom is 0.194 e. The van der Waals surface area contributed by atoms with E-state index in [1.807, 2.05) is 0 Å². The van der Waals surface area contributed by atoms with Crippen molar-refractivity contribution in [3.63, 3.8) is 0 Å². The second-order valence-corrected chi connectivity index (χ2v) is 4.51. The van der Waals surface area contributed by atoms with Crippen molar-refractivity contribution in [1.29, 1.82) is 0 Å². The van der Waals surface area contributed by atoms with Crippen LogP contribution in [0.2, 0.25) is 0 Å². The third kappa shape index (κ3) is 5.95. The van der Waals surface area contributed by atoms with E-state index in [1.54, 1.807) is 14.2 Å². The van der Waals surface area contributed by atoms with Gasteiger partial charge >= 0.3 is 0 Å². The molecule has 1 fully saturated rings. The summed E-state index contributed by atoms with van der Waals surface area (Å²) in [5.74, 6) is 3.45. The summed E-state index contributed by atoms with van der Waals surface area (Å²) in [7, 11) is 3.50. The van der Waals surface area contributed by atoms with Crippen LogP contribution in [0.25, 0.3) is 0 Å². The summed E-state index contributed by atoms with van der Waals surface area (Å²) >= 11 is 0. The summed E-state index contributed by atoms with van der Waals surface area (Å²) < 4.78 is 10.8. The molecule has 0 unspecified atom stereocenters. The first-order valence-electron chi connectivity index (χ1n) is 6.81. The number of terminal acetylenes is 1. The van der Waals surface area contributed by atoms with Gasteiger partial charge in [0.15, 0.2) is 5.96 Å². The minimum atomic E-state index is 0.360. The van der Waals surface area contributed by atoms with Gasteiger partial charge in [-0.3, -0.25) is 4.99 Å². The van der Waals surface area contributed by atoms with E-state index >= 15 is 0 Å². The number of likely N-dealkylation sites (tertiary alicyclic amines) is 1. The van der Waals surface area contributed by atoms with Crippen LogP contribution in [0.15, 0.2) is 4.99 Å². The Morgan fingerprint density at radius 3 is 2.74 bits per heavy atom. The van der Waals surface area contributed by atoms with Crippen LogP contribution < -0.4 is 5.32 Å². The molecule has 5 nitrogen and oxygen atoms in total. The van der Waals surface area contributed by atoms with Crippen LogP contribution in [0.5, 0.6) is 0 Å². The quantitative estimate of drug-likeness (QED) is 0.333. The first-order chi connectivity index (χ1) is 9.31. The fourth-order valence-corrected chi connectivity index (χ4v) is 2.15. The predicted molar refractivity (Wildman–Crippen MR) is 77.2 cm³/mol. The number of piperidine rings is 1. The molecule has 0 aromatic heterocycles. The number of guanidine groups is 1. The highest BCUT2D eigenvalue weighted by molar-refractivity contribution is 5.80. The Labute approximate surface area is 116 Å². The minimum absolute atomic E-state index is 0.360. The van der Waals surface area contributed by atoms with Gasteiger partial charge in [0.25, 0.3) is 0 Å². The van der Waals surface area contributed by atoms with Gasteiger partial charge in [0.2, 0.25) is 0 Å². The Morgan fingerprint density at radius 1 is 1.42 bits per heavy atom. The lowest BCUT2D eigenvalue weighted by Crippen LogP contribution is -2.47. The van der Waals surface area contributed by atoms with E-state index in [0.29, 0.717) is 12.6 Å². The van der Waals surface area contributed by atoms with E-state index < -0.39 is 0 Å². The Bertz CT molecular complexity index is 304. The third-order valence-corrected chi connectivity index (χ3v) is 3.15. The molecule has 0 bridgehead atoms. The number of hydrogen-bond donors (Lipinski definition) is 1. The van der Waals surface area contributed by atoms with Crippen LogP contribution in [0.4, 0.5) is 0 Å². The maximum absolute atomic E-state index is 5.83. The highest BCUT2D eigenvalue weighted by Crippen LogP contribution is 2.14. The van der Waals surface area contributed by atoms with Crippen molar-refractivity contribution in [3.05, 3.63) is 0 Å². The molecule has 1 aliphatic rings. The summed E-state index contributed by atoms with van der Waals surface area (Å²) in [6.07, 6.45) is 8.63. The number of methoxy groups -OCH3 is 1. The summed E-state index contributed by atoms with van der Waals surface area (Å²) in [6, 6.07) is 0.